The van der Waals surface area contributed by atoms with Gasteiger partial charge in [0.05, 0.1) is 10.6 Å². The molecule has 1 N–H and O–H groups in total. The average molecular weight is 207 g/mol. The first-order valence-corrected chi connectivity index (χ1v) is 3.94. The van der Waals surface area contributed by atoms with E-state index in [0.29, 0.717) is 5.69 Å². The number of H-pyrrole nitrogens is 1. The Morgan fingerprint density at radius 1 is 1.33 bits per heavy atom. The lowest BCUT2D eigenvalue weighted by atomic mass is 10.3. The monoisotopic (exact) mass is 207 g/mol. The summed E-state index contributed by atoms with van der Waals surface area (Å²) in [5.74, 6) is 0. The van der Waals surface area contributed by atoms with Crippen molar-refractivity contribution in [2.24, 2.45) is 0 Å². The first-order chi connectivity index (χ1) is 7.18. The molecule has 0 bridgehead atoms. The zero-order valence-corrected chi connectivity index (χ0v) is 7.32. The van der Waals surface area contributed by atoms with E-state index in [1.165, 1.54) is 24.3 Å². The number of benzene rings is 1. The third-order valence-corrected chi connectivity index (χ3v) is 1.78. The second-order valence-corrected chi connectivity index (χ2v) is 2.69. The van der Waals surface area contributed by atoms with Gasteiger partial charge in [0.2, 0.25) is 0 Å². The van der Waals surface area contributed by atoms with Gasteiger partial charge in [-0.1, -0.05) is 0 Å². The Morgan fingerprint density at radius 3 is 2.47 bits per heavy atom. The average Bonchev–Trinajstić information content (AvgIpc) is 2.65. The normalized spacial score (nSPS) is 10.1. The fourth-order valence-electron chi connectivity index (χ4n) is 1.08. The highest BCUT2D eigenvalue weighted by molar-refractivity contribution is 5.39. The van der Waals surface area contributed by atoms with Crippen molar-refractivity contribution in [1.29, 1.82) is 0 Å². The van der Waals surface area contributed by atoms with Crippen LogP contribution in [0.2, 0.25) is 0 Å². The summed E-state index contributed by atoms with van der Waals surface area (Å²) in [5.41, 5.74) is -0.126. The van der Waals surface area contributed by atoms with Crippen molar-refractivity contribution in [3.05, 3.63) is 44.9 Å². The number of hydrogen-bond acceptors (Lipinski definition) is 5. The number of nitro benzene ring substituents is 1. The zero-order chi connectivity index (χ0) is 10.8. The molecule has 2 rings (SSSR count). The molecule has 0 aliphatic rings. The first kappa shape index (κ1) is 9.06. The third kappa shape index (κ3) is 1.59. The largest absolute Gasteiger partial charge is 0.365 e. The van der Waals surface area contributed by atoms with Gasteiger partial charge in [0.25, 0.3) is 5.69 Å². The van der Waals surface area contributed by atoms with Gasteiger partial charge in [0.15, 0.2) is 0 Å². The smallest absolute Gasteiger partial charge is 0.258 e. The highest BCUT2D eigenvalue weighted by Gasteiger charge is 2.06. The van der Waals surface area contributed by atoms with Crippen LogP contribution in [0.5, 0.6) is 0 Å². The van der Waals surface area contributed by atoms with Crippen LogP contribution in [-0.2, 0) is 0 Å². The Labute approximate surface area is 82.3 Å². The SMILES string of the molecule is O=c1[nH]nnn1-c1ccc([N+](=O)[O-])cc1. The lowest BCUT2D eigenvalue weighted by Gasteiger charge is -1.96. The van der Waals surface area contributed by atoms with Crippen molar-refractivity contribution in [2.75, 3.05) is 0 Å². The molecule has 0 atom stereocenters. The van der Waals surface area contributed by atoms with Gasteiger partial charge >= 0.3 is 5.69 Å². The number of aromatic amines is 1. The quantitative estimate of drug-likeness (QED) is 0.544. The summed E-state index contributed by atoms with van der Waals surface area (Å²) in [4.78, 5) is 20.9. The van der Waals surface area contributed by atoms with E-state index in [0.717, 1.165) is 4.68 Å². The maximum Gasteiger partial charge on any atom is 0.365 e. The van der Waals surface area contributed by atoms with E-state index in [4.69, 9.17) is 0 Å². The van der Waals surface area contributed by atoms with Gasteiger partial charge in [0, 0.05) is 12.1 Å². The molecule has 1 aromatic heterocycles. The number of non-ortho nitro benzene ring substituents is 1. The molecule has 0 aliphatic carbocycles. The summed E-state index contributed by atoms with van der Waals surface area (Å²) in [6.45, 7) is 0. The molecule has 1 aromatic carbocycles. The Morgan fingerprint density at radius 2 is 2.00 bits per heavy atom. The van der Waals surface area contributed by atoms with Crippen LogP contribution in [0.4, 0.5) is 5.69 Å². The molecule has 0 aliphatic heterocycles. The lowest BCUT2D eigenvalue weighted by Crippen LogP contribution is -2.15. The highest BCUT2D eigenvalue weighted by atomic mass is 16.6. The minimum Gasteiger partial charge on any atom is -0.258 e. The summed E-state index contributed by atoms with van der Waals surface area (Å²) in [5, 5.41) is 19.3. The van der Waals surface area contributed by atoms with Crippen LogP contribution in [0.25, 0.3) is 5.69 Å². The minimum absolute atomic E-state index is 0.0460. The molecular weight excluding hydrogens is 202 g/mol. The predicted octanol–water partition coefficient (Wildman–Crippen LogP) is -0.136. The predicted molar refractivity (Wildman–Crippen MR) is 48.6 cm³/mol. The van der Waals surface area contributed by atoms with Crippen molar-refractivity contribution >= 4 is 5.69 Å². The summed E-state index contributed by atoms with van der Waals surface area (Å²) < 4.78 is 1.00. The molecule has 2 aromatic rings. The van der Waals surface area contributed by atoms with Gasteiger partial charge in [-0.2, -0.15) is 4.68 Å². The molecular formula is C7H5N5O3. The molecule has 0 spiro atoms. The van der Waals surface area contributed by atoms with E-state index in [-0.39, 0.29) is 5.69 Å². The van der Waals surface area contributed by atoms with Crippen LogP contribution in [0.15, 0.2) is 29.1 Å². The number of rotatable bonds is 2. The number of hydrogen-bond donors (Lipinski definition) is 1. The van der Waals surface area contributed by atoms with Crippen LogP contribution in [0.3, 0.4) is 0 Å². The molecule has 15 heavy (non-hydrogen) atoms. The van der Waals surface area contributed by atoms with Crippen LogP contribution in [0.1, 0.15) is 0 Å². The Bertz CT molecular complexity index is 540. The Hall–Kier alpha value is -2.51. The molecule has 76 valence electrons. The van der Waals surface area contributed by atoms with Gasteiger partial charge in [-0.15, -0.1) is 0 Å². The van der Waals surface area contributed by atoms with Crippen LogP contribution >= 0.6 is 0 Å². The molecule has 0 saturated heterocycles. The van der Waals surface area contributed by atoms with Crippen LogP contribution in [-0.4, -0.2) is 25.1 Å². The van der Waals surface area contributed by atoms with Crippen molar-refractivity contribution in [3.8, 4) is 5.69 Å². The second kappa shape index (κ2) is 3.33. The number of nitrogens with zero attached hydrogens (tertiary/aromatic N) is 4. The standard InChI is InChI=1S/C7H5N5O3/c13-7-8-9-10-11(7)5-1-3-6(4-2-5)12(14)15/h1-4H,(H,8,10,13). The Balaban J connectivity index is 2.44. The van der Waals surface area contributed by atoms with E-state index >= 15 is 0 Å². The highest BCUT2D eigenvalue weighted by Crippen LogP contribution is 2.12. The molecule has 1 heterocycles. The fourth-order valence-corrected chi connectivity index (χ4v) is 1.08. The molecule has 0 amide bonds. The van der Waals surface area contributed by atoms with Gasteiger partial charge in [0.1, 0.15) is 0 Å². The van der Waals surface area contributed by atoms with E-state index in [1.807, 2.05) is 0 Å². The van der Waals surface area contributed by atoms with E-state index in [2.05, 4.69) is 15.5 Å². The summed E-state index contributed by atoms with van der Waals surface area (Å²) in [7, 11) is 0. The molecule has 8 nitrogen and oxygen atoms in total. The minimum atomic E-state index is -0.519. The van der Waals surface area contributed by atoms with E-state index < -0.39 is 10.6 Å². The second-order valence-electron chi connectivity index (χ2n) is 2.69. The van der Waals surface area contributed by atoms with E-state index in [1.54, 1.807) is 0 Å². The zero-order valence-electron chi connectivity index (χ0n) is 7.32. The fraction of sp³-hybridized carbons (Fsp3) is 0. The van der Waals surface area contributed by atoms with Crippen LogP contribution in [0, 0.1) is 10.1 Å². The van der Waals surface area contributed by atoms with Gasteiger partial charge in [-0.3, -0.25) is 10.1 Å². The number of nitro groups is 1. The number of aromatic nitrogens is 4. The van der Waals surface area contributed by atoms with E-state index in [9.17, 15) is 14.9 Å². The summed E-state index contributed by atoms with van der Waals surface area (Å²) >= 11 is 0. The third-order valence-electron chi connectivity index (χ3n) is 1.78. The molecule has 8 heteroatoms. The van der Waals surface area contributed by atoms with Crippen molar-refractivity contribution < 1.29 is 4.92 Å². The number of tetrazole rings is 1. The molecule has 0 unspecified atom stereocenters. The van der Waals surface area contributed by atoms with Gasteiger partial charge < -0.3 is 0 Å². The summed E-state index contributed by atoms with van der Waals surface area (Å²) in [6, 6.07) is 5.41. The summed E-state index contributed by atoms with van der Waals surface area (Å²) in [6.07, 6.45) is 0. The molecule has 0 radical (unpaired) electrons. The maximum atomic E-state index is 11.1. The topological polar surface area (TPSA) is 107 Å². The van der Waals surface area contributed by atoms with Crippen molar-refractivity contribution in [2.45, 2.75) is 0 Å². The maximum absolute atomic E-state index is 11.1. The molecule has 0 saturated carbocycles. The van der Waals surface area contributed by atoms with Crippen molar-refractivity contribution in [1.82, 2.24) is 20.2 Å². The Kier molecular flexibility index (Phi) is 2.01. The van der Waals surface area contributed by atoms with Crippen LogP contribution < -0.4 is 5.69 Å². The van der Waals surface area contributed by atoms with Gasteiger partial charge in [-0.25, -0.2) is 9.89 Å². The van der Waals surface area contributed by atoms with Gasteiger partial charge in [-0.05, 0) is 22.6 Å². The first-order valence-electron chi connectivity index (χ1n) is 3.94. The molecule has 0 fully saturated rings. The van der Waals surface area contributed by atoms with Crippen molar-refractivity contribution in [3.63, 3.8) is 0 Å². The lowest BCUT2D eigenvalue weighted by molar-refractivity contribution is -0.384. The number of nitrogens with one attached hydrogen (secondary N) is 1.